The van der Waals surface area contributed by atoms with Gasteiger partial charge in [0, 0.05) is 35.7 Å². The molecule has 1 aliphatic rings. The molecule has 4 atom stereocenters. The molecule has 2 aromatic carbocycles. The summed E-state index contributed by atoms with van der Waals surface area (Å²) in [5.41, 5.74) is 3.48. The minimum absolute atomic E-state index is 0.00704. The van der Waals surface area contributed by atoms with Gasteiger partial charge in [0.25, 0.3) is 0 Å². The fourth-order valence-corrected chi connectivity index (χ4v) is 5.00. The zero-order chi connectivity index (χ0) is 24.6. The average Bonchev–Trinajstić information content (AvgIpc) is 2.89. The van der Waals surface area contributed by atoms with Crippen LogP contribution in [0.25, 0.3) is 0 Å². The minimum Gasteiger partial charge on any atom is -0.392 e. The molecule has 0 spiro atoms. The van der Waals surface area contributed by atoms with Crippen molar-refractivity contribution in [3.63, 3.8) is 0 Å². The Bertz CT molecular complexity index is 1080. The van der Waals surface area contributed by atoms with Gasteiger partial charge in [0.15, 0.2) is 6.29 Å². The Balaban J connectivity index is 1.54. The average molecular weight is 494 g/mol. The molecule has 3 aromatic rings. The first-order valence-electron chi connectivity index (χ1n) is 11.8. The van der Waals surface area contributed by atoms with Gasteiger partial charge in [-0.15, -0.1) is 11.8 Å². The Hall–Kier alpha value is -2.91. The van der Waals surface area contributed by atoms with Gasteiger partial charge in [-0.3, -0.25) is 0 Å². The van der Waals surface area contributed by atoms with E-state index in [0.717, 1.165) is 27.5 Å². The van der Waals surface area contributed by atoms with Crippen molar-refractivity contribution in [3.05, 3.63) is 89.6 Å². The van der Waals surface area contributed by atoms with Crippen molar-refractivity contribution in [1.29, 1.82) is 0 Å². The van der Waals surface area contributed by atoms with Gasteiger partial charge in [0.1, 0.15) is 0 Å². The van der Waals surface area contributed by atoms with E-state index in [1.54, 1.807) is 18.0 Å². The number of nitrogens with zero attached hydrogens (tertiary/aromatic N) is 1. The number of ether oxygens (including phenoxy) is 2. The summed E-state index contributed by atoms with van der Waals surface area (Å²) in [7, 11) is 0. The highest BCUT2D eigenvalue weighted by Gasteiger charge is 2.38. The lowest BCUT2D eigenvalue weighted by Crippen LogP contribution is -2.38. The van der Waals surface area contributed by atoms with Crippen LogP contribution in [0, 0.1) is 5.92 Å². The predicted molar refractivity (Wildman–Crippen MR) is 137 cm³/mol. The molecule has 2 amide bonds. The molecule has 4 rings (SSSR count). The van der Waals surface area contributed by atoms with Crippen LogP contribution in [-0.2, 0) is 16.1 Å². The molecule has 0 radical (unpaired) electrons. The summed E-state index contributed by atoms with van der Waals surface area (Å²) in [6.07, 6.45) is 0.989. The first-order chi connectivity index (χ1) is 17.1. The fraction of sp³-hybridized carbons (Fsp3) is 0.333. The first-order valence-corrected chi connectivity index (χ1v) is 12.7. The molecule has 184 valence electrons. The molecule has 0 aliphatic carbocycles. The van der Waals surface area contributed by atoms with Crippen molar-refractivity contribution in [1.82, 2.24) is 10.3 Å². The molecule has 0 bridgehead atoms. The van der Waals surface area contributed by atoms with E-state index in [2.05, 4.69) is 22.5 Å². The number of nitrogens with one attached hydrogen (secondary N) is 2. The number of hydrogen-bond acceptors (Lipinski definition) is 6. The van der Waals surface area contributed by atoms with Crippen LogP contribution >= 0.6 is 11.8 Å². The third-order valence-electron chi connectivity index (χ3n) is 5.93. The van der Waals surface area contributed by atoms with Crippen molar-refractivity contribution in [2.75, 3.05) is 17.6 Å². The zero-order valence-electron chi connectivity index (χ0n) is 19.9. The van der Waals surface area contributed by atoms with Crippen molar-refractivity contribution < 1.29 is 19.4 Å². The van der Waals surface area contributed by atoms with Crippen molar-refractivity contribution in [2.45, 2.75) is 44.0 Å². The lowest BCUT2D eigenvalue weighted by atomic mass is 9.91. The van der Waals surface area contributed by atoms with E-state index in [1.165, 1.54) is 0 Å². The molecular weight excluding hydrogens is 462 g/mol. The predicted octanol–water partition coefficient (Wildman–Crippen LogP) is 5.30. The number of pyridine rings is 1. The van der Waals surface area contributed by atoms with Crippen molar-refractivity contribution >= 4 is 23.5 Å². The maximum absolute atomic E-state index is 11.8. The number of aliphatic hydroxyl groups is 1. The van der Waals surface area contributed by atoms with E-state index in [0.29, 0.717) is 12.2 Å². The highest BCUT2D eigenvalue weighted by Crippen LogP contribution is 2.43. The second-order valence-electron chi connectivity index (χ2n) is 8.41. The van der Waals surface area contributed by atoms with E-state index in [1.807, 2.05) is 73.7 Å². The van der Waals surface area contributed by atoms with Gasteiger partial charge < -0.3 is 25.2 Å². The second-order valence-corrected chi connectivity index (χ2v) is 9.45. The molecule has 1 aromatic heterocycles. The Morgan fingerprint density at radius 2 is 1.77 bits per heavy atom. The fourth-order valence-electron chi connectivity index (χ4n) is 3.97. The Morgan fingerprint density at radius 1 is 1.03 bits per heavy atom. The Morgan fingerprint density at radius 3 is 2.43 bits per heavy atom. The monoisotopic (exact) mass is 493 g/mol. The maximum Gasteiger partial charge on any atom is 0.319 e. The topological polar surface area (TPSA) is 92.7 Å². The van der Waals surface area contributed by atoms with Crippen LogP contribution < -0.4 is 10.6 Å². The largest absolute Gasteiger partial charge is 0.392 e. The van der Waals surface area contributed by atoms with Gasteiger partial charge >= 0.3 is 6.03 Å². The summed E-state index contributed by atoms with van der Waals surface area (Å²) in [4.78, 5) is 16.2. The molecular formula is C27H31N3O4S. The number of aromatic nitrogens is 1. The number of urea groups is 1. The van der Waals surface area contributed by atoms with Gasteiger partial charge in [-0.2, -0.15) is 0 Å². The second kappa shape index (κ2) is 12.2. The summed E-state index contributed by atoms with van der Waals surface area (Å²) in [5, 5.41) is 15.9. The number of hydrogen-bond donors (Lipinski definition) is 3. The van der Waals surface area contributed by atoms with Crippen LogP contribution in [-0.4, -0.2) is 34.5 Å². The normalized spacial score (nSPS) is 21.9. The molecule has 1 aliphatic heterocycles. The summed E-state index contributed by atoms with van der Waals surface area (Å²) in [6, 6.07) is 21.0. The van der Waals surface area contributed by atoms with E-state index >= 15 is 0 Å². The van der Waals surface area contributed by atoms with E-state index in [9.17, 15) is 9.90 Å². The summed E-state index contributed by atoms with van der Waals surface area (Å²) in [5.74, 6) is 0.834. The summed E-state index contributed by atoms with van der Waals surface area (Å²) in [6.45, 7) is 4.58. The van der Waals surface area contributed by atoms with Crippen molar-refractivity contribution in [2.24, 2.45) is 5.92 Å². The number of benzene rings is 2. The number of carbonyl (C=O) groups is 1. The van der Waals surface area contributed by atoms with Gasteiger partial charge in [-0.25, -0.2) is 9.78 Å². The third kappa shape index (κ3) is 6.61. The van der Waals surface area contributed by atoms with Crippen LogP contribution in [0.5, 0.6) is 0 Å². The molecule has 0 saturated carbocycles. The third-order valence-corrected chi connectivity index (χ3v) is 6.97. The van der Waals surface area contributed by atoms with Crippen LogP contribution in [0.4, 0.5) is 10.5 Å². The standard InChI is InChI=1S/C27H31N3O4S/c1-3-28-27(32)30-22-13-11-21(12-14-22)26-33-23(17-35-24-6-4-5-15-29-24)18(2)25(34-26)20-9-7-19(16-31)8-10-20/h4-15,18,23,25-26,31H,3,16-17H2,1-2H3,(H2,28,30,32)/t18-,23+,25+,26+/m1/s1. The van der Waals surface area contributed by atoms with Gasteiger partial charge in [-0.1, -0.05) is 49.4 Å². The molecule has 3 N–H and O–H groups in total. The molecule has 0 unspecified atom stereocenters. The molecule has 1 saturated heterocycles. The maximum atomic E-state index is 11.8. The zero-order valence-corrected chi connectivity index (χ0v) is 20.7. The highest BCUT2D eigenvalue weighted by atomic mass is 32.2. The van der Waals surface area contributed by atoms with Gasteiger partial charge in [0.05, 0.1) is 23.8 Å². The number of amides is 2. The lowest BCUT2D eigenvalue weighted by Gasteiger charge is -2.41. The minimum atomic E-state index is -0.554. The van der Waals surface area contributed by atoms with E-state index < -0.39 is 6.29 Å². The van der Waals surface area contributed by atoms with E-state index in [-0.39, 0.29) is 30.8 Å². The lowest BCUT2D eigenvalue weighted by molar-refractivity contribution is -0.268. The summed E-state index contributed by atoms with van der Waals surface area (Å²) >= 11 is 1.67. The van der Waals surface area contributed by atoms with Crippen LogP contribution in [0.15, 0.2) is 78.0 Å². The number of aliphatic hydroxyl groups excluding tert-OH is 1. The summed E-state index contributed by atoms with van der Waals surface area (Å²) < 4.78 is 12.9. The van der Waals surface area contributed by atoms with Crippen LogP contribution in [0.3, 0.4) is 0 Å². The number of carbonyl (C=O) groups excluding carboxylic acids is 1. The number of thioether (sulfide) groups is 1. The van der Waals surface area contributed by atoms with Crippen molar-refractivity contribution in [3.8, 4) is 0 Å². The Kier molecular flexibility index (Phi) is 8.76. The SMILES string of the molecule is CCNC(=O)Nc1ccc([C@H]2O[C@@H](CSc3ccccn3)[C@@H](C)[C@@H](c3ccc(CO)cc3)O2)cc1. The van der Waals surface area contributed by atoms with Crippen LogP contribution in [0.2, 0.25) is 0 Å². The molecule has 35 heavy (non-hydrogen) atoms. The Labute approximate surface area is 210 Å². The highest BCUT2D eigenvalue weighted by molar-refractivity contribution is 7.99. The van der Waals surface area contributed by atoms with Gasteiger partial charge in [0.2, 0.25) is 0 Å². The smallest absolute Gasteiger partial charge is 0.319 e. The quantitative estimate of drug-likeness (QED) is 0.369. The van der Waals surface area contributed by atoms with E-state index in [4.69, 9.17) is 9.47 Å². The molecule has 8 heteroatoms. The van der Waals surface area contributed by atoms with Gasteiger partial charge in [-0.05, 0) is 42.3 Å². The molecule has 1 fully saturated rings. The molecule has 2 heterocycles. The van der Waals surface area contributed by atoms with Crippen LogP contribution in [0.1, 0.15) is 42.9 Å². The number of rotatable bonds is 8. The first kappa shape index (κ1) is 25.2. The number of anilines is 1. The molecule has 7 nitrogen and oxygen atoms in total.